The van der Waals surface area contributed by atoms with E-state index in [0.717, 1.165) is 89.9 Å². The van der Waals surface area contributed by atoms with Crippen molar-refractivity contribution >= 4 is 19.8 Å². The van der Waals surface area contributed by atoms with Gasteiger partial charge in [-0.25, -0.2) is 0 Å². The second kappa shape index (κ2) is 53.0. The highest BCUT2D eigenvalue weighted by atomic mass is 31.2. The number of carbonyl (C=O) groups excluding carboxylic acids is 2. The van der Waals surface area contributed by atoms with Crippen molar-refractivity contribution in [2.45, 2.75) is 251 Å². The predicted molar refractivity (Wildman–Crippen MR) is 305 cm³/mol. The van der Waals surface area contributed by atoms with Crippen LogP contribution in [0.4, 0.5) is 0 Å². The van der Waals surface area contributed by atoms with Gasteiger partial charge in [-0.3, -0.25) is 14.2 Å². The van der Waals surface area contributed by atoms with Crippen LogP contribution in [0.15, 0.2) is 85.1 Å². The Morgan fingerprint density at radius 1 is 0.444 bits per heavy atom. The van der Waals surface area contributed by atoms with Gasteiger partial charge in [0.2, 0.25) is 0 Å². The van der Waals surface area contributed by atoms with E-state index in [1.54, 1.807) is 0 Å². The molecule has 416 valence electrons. The molecule has 9 nitrogen and oxygen atoms in total. The third-order valence-electron chi connectivity index (χ3n) is 12.4. The summed E-state index contributed by atoms with van der Waals surface area (Å²) in [6.07, 6.45) is 70.5. The molecular weight excluding hydrogens is 918 g/mol. The molecule has 0 spiro atoms. The molecule has 0 saturated carbocycles. The Morgan fingerprint density at radius 3 is 1.19 bits per heavy atom. The van der Waals surface area contributed by atoms with E-state index < -0.39 is 26.5 Å². The average molecular weight is 1030 g/mol. The number of phosphoric ester groups is 1. The summed E-state index contributed by atoms with van der Waals surface area (Å²) in [6, 6.07) is 0. The Labute approximate surface area is 443 Å². The van der Waals surface area contributed by atoms with Crippen LogP contribution in [-0.2, 0) is 32.7 Å². The number of rotatable bonds is 53. The smallest absolute Gasteiger partial charge is 0.306 e. The fraction of sp³-hybridized carbons (Fsp3) is 0.742. The summed E-state index contributed by atoms with van der Waals surface area (Å²) in [4.78, 5) is 37.9. The van der Waals surface area contributed by atoms with Gasteiger partial charge in [0, 0.05) is 12.8 Å². The fourth-order valence-electron chi connectivity index (χ4n) is 7.89. The molecule has 0 rings (SSSR count). The number of likely N-dealkylation sites (N-methyl/N-ethyl adjacent to an activating group) is 1. The number of hydrogen-bond acceptors (Lipinski definition) is 8. The maximum absolute atomic E-state index is 12.8. The summed E-state index contributed by atoms with van der Waals surface area (Å²) in [5.74, 6) is -0.839. The molecule has 0 aliphatic carbocycles. The van der Waals surface area contributed by atoms with Gasteiger partial charge in [0.25, 0.3) is 7.82 Å². The Bertz CT molecular complexity index is 1490. The summed E-state index contributed by atoms with van der Waals surface area (Å²) in [5, 5.41) is 0. The number of nitrogens with zero attached hydrogens (tertiary/aromatic N) is 1. The van der Waals surface area contributed by atoms with Crippen molar-refractivity contribution in [1.29, 1.82) is 0 Å². The van der Waals surface area contributed by atoms with Crippen molar-refractivity contribution in [3.8, 4) is 0 Å². The quantitative estimate of drug-likeness (QED) is 0.0195. The number of unbranched alkanes of at least 4 members (excludes halogenated alkanes) is 25. The van der Waals surface area contributed by atoms with E-state index >= 15 is 0 Å². The van der Waals surface area contributed by atoms with Crippen LogP contribution in [0.5, 0.6) is 0 Å². The van der Waals surface area contributed by atoms with E-state index in [2.05, 4.69) is 98.9 Å². The zero-order chi connectivity index (χ0) is 52.7. The van der Waals surface area contributed by atoms with E-state index in [1.165, 1.54) is 122 Å². The summed E-state index contributed by atoms with van der Waals surface area (Å²) >= 11 is 0. The molecule has 0 aliphatic rings. The van der Waals surface area contributed by atoms with Gasteiger partial charge in [0.05, 0.1) is 27.7 Å². The highest BCUT2D eigenvalue weighted by molar-refractivity contribution is 7.45. The maximum atomic E-state index is 12.8. The largest absolute Gasteiger partial charge is 0.756 e. The molecule has 0 N–H and O–H groups in total. The number of allylic oxidation sites excluding steroid dienone is 14. The number of phosphoric acid groups is 1. The van der Waals surface area contributed by atoms with Gasteiger partial charge in [0.15, 0.2) is 6.10 Å². The number of carbonyl (C=O) groups is 2. The zero-order valence-corrected chi connectivity index (χ0v) is 48.0. The first-order valence-electron chi connectivity index (χ1n) is 29.3. The Hall–Kier alpha value is -2.81. The van der Waals surface area contributed by atoms with Crippen molar-refractivity contribution in [2.24, 2.45) is 0 Å². The van der Waals surface area contributed by atoms with E-state index in [9.17, 15) is 19.0 Å². The Kier molecular flexibility index (Phi) is 51.0. The number of hydrogen-bond donors (Lipinski definition) is 0. The van der Waals surface area contributed by atoms with Crippen LogP contribution in [0, 0.1) is 0 Å². The van der Waals surface area contributed by atoms with E-state index in [0.29, 0.717) is 17.4 Å². The lowest BCUT2D eigenvalue weighted by molar-refractivity contribution is -0.870. The molecule has 0 aromatic heterocycles. The SMILES string of the molecule is CC/C=C\C/C=C\C/C=C\C/C=C\C/C=C\C/C=C\CCCCCCCCCCCCCCC(=O)OC(COC(=O)CCCCCCCCC/C=C\CCCCCCCC)COP(=O)([O-])OCC[N+](C)(C)C. The van der Waals surface area contributed by atoms with Crippen molar-refractivity contribution in [3.63, 3.8) is 0 Å². The normalized spacial score (nSPS) is 13.9. The van der Waals surface area contributed by atoms with E-state index in [-0.39, 0.29) is 32.0 Å². The highest BCUT2D eigenvalue weighted by Crippen LogP contribution is 2.38. The lowest BCUT2D eigenvalue weighted by Crippen LogP contribution is -2.37. The van der Waals surface area contributed by atoms with Gasteiger partial charge >= 0.3 is 11.9 Å². The van der Waals surface area contributed by atoms with E-state index in [4.69, 9.17) is 18.5 Å². The topological polar surface area (TPSA) is 111 Å². The van der Waals surface area contributed by atoms with E-state index in [1.807, 2.05) is 21.1 Å². The lowest BCUT2D eigenvalue weighted by atomic mass is 10.0. The monoisotopic (exact) mass is 1030 g/mol. The van der Waals surface area contributed by atoms with Gasteiger partial charge in [-0.2, -0.15) is 0 Å². The first-order chi connectivity index (χ1) is 35.0. The first kappa shape index (κ1) is 69.2. The van der Waals surface area contributed by atoms with Crippen molar-refractivity contribution in [3.05, 3.63) is 85.1 Å². The molecule has 0 saturated heterocycles. The molecule has 0 aromatic rings. The molecule has 2 unspecified atom stereocenters. The van der Waals surface area contributed by atoms with Crippen LogP contribution in [-0.4, -0.2) is 70.0 Å². The number of esters is 2. The molecular formula is C62H110NO8P. The van der Waals surface area contributed by atoms with Crippen molar-refractivity contribution < 1.29 is 42.1 Å². The van der Waals surface area contributed by atoms with Crippen LogP contribution in [0.2, 0.25) is 0 Å². The summed E-state index contributed by atoms with van der Waals surface area (Å²) in [7, 11) is 1.16. The van der Waals surface area contributed by atoms with Crippen LogP contribution < -0.4 is 4.89 Å². The molecule has 0 amide bonds. The van der Waals surface area contributed by atoms with Crippen LogP contribution in [0.3, 0.4) is 0 Å². The molecule has 2 atom stereocenters. The van der Waals surface area contributed by atoms with Crippen molar-refractivity contribution in [1.82, 2.24) is 0 Å². The third-order valence-corrected chi connectivity index (χ3v) is 13.4. The molecule has 0 heterocycles. The standard InChI is InChI=1S/C62H110NO8P/c1-6-8-10-12-14-16-18-20-22-24-25-26-27-28-29-30-31-32-33-34-35-36-37-39-41-43-45-47-49-51-53-55-62(65)71-60(59-70-72(66,67)69-57-56-63(3,4)5)58-68-61(64)54-52-50-48-46-44-42-40-38-23-21-19-17-15-13-11-9-7-2/h8,10,14,16,20-23,25-26,28-29,31-32,60H,6-7,9,11-13,15,17-19,24,27,30,33-59H2,1-5H3/b10-8-,16-14-,22-20-,23-21-,26-25-,29-28-,32-31-. The Morgan fingerprint density at radius 2 is 0.792 bits per heavy atom. The third kappa shape index (κ3) is 56.5. The molecule has 0 bridgehead atoms. The molecule has 0 radical (unpaired) electrons. The molecule has 10 heteroatoms. The minimum Gasteiger partial charge on any atom is -0.756 e. The van der Waals surface area contributed by atoms with Crippen molar-refractivity contribution in [2.75, 3.05) is 47.5 Å². The van der Waals surface area contributed by atoms with Gasteiger partial charge in [-0.05, 0) is 89.9 Å². The second-order valence-corrected chi connectivity index (χ2v) is 22.0. The second-order valence-electron chi connectivity index (χ2n) is 20.6. The van der Waals surface area contributed by atoms with Crippen LogP contribution >= 0.6 is 7.82 Å². The number of quaternary nitrogens is 1. The first-order valence-corrected chi connectivity index (χ1v) is 30.8. The van der Waals surface area contributed by atoms with Gasteiger partial charge in [-0.15, -0.1) is 0 Å². The summed E-state index contributed by atoms with van der Waals surface area (Å²) in [5.41, 5.74) is 0. The lowest BCUT2D eigenvalue weighted by Gasteiger charge is -2.28. The summed E-state index contributed by atoms with van der Waals surface area (Å²) < 4.78 is 34.1. The minimum absolute atomic E-state index is 0.0345. The predicted octanol–water partition coefficient (Wildman–Crippen LogP) is 17.6. The molecule has 0 fully saturated rings. The molecule has 0 aliphatic heterocycles. The molecule has 72 heavy (non-hydrogen) atoms. The Balaban J connectivity index is 4.14. The van der Waals surface area contributed by atoms with Gasteiger partial charge < -0.3 is 27.9 Å². The number of ether oxygens (including phenoxy) is 2. The minimum atomic E-state index is -4.64. The van der Waals surface area contributed by atoms with Crippen LogP contribution in [0.1, 0.15) is 245 Å². The maximum Gasteiger partial charge on any atom is 0.306 e. The summed E-state index contributed by atoms with van der Waals surface area (Å²) in [6.45, 7) is 4.12. The molecule has 0 aromatic carbocycles. The fourth-order valence-corrected chi connectivity index (χ4v) is 8.62. The average Bonchev–Trinajstić information content (AvgIpc) is 3.34. The highest BCUT2D eigenvalue weighted by Gasteiger charge is 2.22. The van der Waals surface area contributed by atoms with Gasteiger partial charge in [0.1, 0.15) is 19.8 Å². The van der Waals surface area contributed by atoms with Crippen LogP contribution in [0.25, 0.3) is 0 Å². The van der Waals surface area contributed by atoms with Gasteiger partial charge in [-0.1, -0.05) is 227 Å². The zero-order valence-electron chi connectivity index (χ0n) is 47.1.